The minimum absolute atomic E-state index is 0.166. The molecule has 0 aliphatic rings. The van der Waals surface area contributed by atoms with E-state index in [-0.39, 0.29) is 29.8 Å². The molecule has 0 aliphatic carbocycles. The second-order valence-corrected chi connectivity index (χ2v) is 13.9. The van der Waals surface area contributed by atoms with Crippen molar-refractivity contribution >= 4 is 0 Å². The van der Waals surface area contributed by atoms with Gasteiger partial charge in [-0.05, 0) is 76.3 Å². The molecule has 0 saturated carbocycles. The zero-order chi connectivity index (χ0) is 33.2. The fourth-order valence-corrected chi connectivity index (χ4v) is 5.73. The summed E-state index contributed by atoms with van der Waals surface area (Å²) in [5.41, 5.74) is 6.81. The second-order valence-electron chi connectivity index (χ2n) is 13.9. The lowest BCUT2D eigenvalue weighted by atomic mass is 9.69. The Labute approximate surface area is 270 Å². The summed E-state index contributed by atoms with van der Waals surface area (Å²) in [4.78, 5) is 0. The van der Waals surface area contributed by atoms with E-state index in [1.165, 1.54) is 5.56 Å². The molecule has 0 radical (unpaired) electrons. The van der Waals surface area contributed by atoms with E-state index in [0.29, 0.717) is 43.5 Å². The summed E-state index contributed by atoms with van der Waals surface area (Å²) in [5.74, 6) is 2.19. The first kappa shape index (κ1) is 36.4. The number of ether oxygens (including phenoxy) is 6. The average molecular weight is 623 g/mol. The molecule has 0 bridgehead atoms. The van der Waals surface area contributed by atoms with Crippen LogP contribution in [0.3, 0.4) is 0 Å². The molecular formula is C38H54O7. The molecule has 0 saturated heterocycles. The van der Waals surface area contributed by atoms with Crippen molar-refractivity contribution in [1.29, 1.82) is 0 Å². The van der Waals surface area contributed by atoms with Crippen LogP contribution in [-0.2, 0) is 45.4 Å². The number of aromatic hydroxyl groups is 1. The molecule has 3 aromatic carbocycles. The van der Waals surface area contributed by atoms with Gasteiger partial charge in [0.05, 0.1) is 26.4 Å². The van der Waals surface area contributed by atoms with Crippen molar-refractivity contribution in [1.82, 2.24) is 0 Å². The van der Waals surface area contributed by atoms with Crippen LogP contribution in [0.2, 0.25) is 0 Å². The SMILES string of the molecule is COCc1cc(-c2cc(COC)c(OCCOc3ccc(C(CC(C)(C)C)C(C)(C)C)cc3)c(COC)c2)cc(COC)c1O. The predicted octanol–water partition coefficient (Wildman–Crippen LogP) is 8.67. The topological polar surface area (TPSA) is 75.6 Å². The summed E-state index contributed by atoms with van der Waals surface area (Å²) in [5, 5.41) is 10.7. The van der Waals surface area contributed by atoms with Crippen LogP contribution in [0.4, 0.5) is 0 Å². The van der Waals surface area contributed by atoms with Gasteiger partial charge in [-0.15, -0.1) is 0 Å². The summed E-state index contributed by atoms with van der Waals surface area (Å²) < 4.78 is 34.2. The van der Waals surface area contributed by atoms with Crippen molar-refractivity contribution in [2.75, 3.05) is 41.7 Å². The lowest BCUT2D eigenvalue weighted by molar-refractivity contribution is 0.164. The van der Waals surface area contributed by atoms with Crippen molar-refractivity contribution in [3.63, 3.8) is 0 Å². The number of hydrogen-bond acceptors (Lipinski definition) is 7. The molecule has 1 N–H and O–H groups in total. The molecule has 7 heteroatoms. The highest BCUT2D eigenvalue weighted by Crippen LogP contribution is 2.43. The largest absolute Gasteiger partial charge is 0.507 e. The van der Waals surface area contributed by atoms with Gasteiger partial charge in [-0.1, -0.05) is 53.7 Å². The van der Waals surface area contributed by atoms with E-state index in [4.69, 9.17) is 28.4 Å². The molecule has 0 aromatic heterocycles. The van der Waals surface area contributed by atoms with Crippen molar-refractivity contribution in [3.05, 3.63) is 76.3 Å². The van der Waals surface area contributed by atoms with Crippen molar-refractivity contribution < 1.29 is 33.5 Å². The summed E-state index contributed by atoms with van der Waals surface area (Å²) >= 11 is 0. The standard InChI is InChI=1S/C38H54O7/c1-37(2,3)21-34(38(4,5)6)26-11-13-33(14-12-26)44-15-16-45-36-31(24-42-9)19-28(20-32(36)25-43-10)27-17-29(22-40-7)35(39)30(18-27)23-41-8/h11-14,17-20,34,39H,15-16,21-25H2,1-10H3. The third-order valence-electron chi connectivity index (χ3n) is 7.79. The highest BCUT2D eigenvalue weighted by molar-refractivity contribution is 5.70. The van der Waals surface area contributed by atoms with Crippen LogP contribution in [0.25, 0.3) is 11.1 Å². The maximum atomic E-state index is 10.7. The van der Waals surface area contributed by atoms with Gasteiger partial charge in [-0.2, -0.15) is 0 Å². The van der Waals surface area contributed by atoms with Crippen molar-refractivity contribution in [2.45, 2.75) is 80.3 Å². The maximum absolute atomic E-state index is 10.7. The minimum Gasteiger partial charge on any atom is -0.507 e. The first-order valence-corrected chi connectivity index (χ1v) is 15.6. The predicted molar refractivity (Wildman–Crippen MR) is 180 cm³/mol. The Morgan fingerprint density at radius 3 is 1.44 bits per heavy atom. The van der Waals surface area contributed by atoms with E-state index in [1.807, 2.05) is 12.1 Å². The molecule has 45 heavy (non-hydrogen) atoms. The van der Waals surface area contributed by atoms with E-state index in [0.717, 1.165) is 40.2 Å². The van der Waals surface area contributed by atoms with Gasteiger partial charge in [0.1, 0.15) is 30.5 Å². The molecule has 0 fully saturated rings. The van der Waals surface area contributed by atoms with Crippen molar-refractivity contribution in [2.24, 2.45) is 10.8 Å². The Kier molecular flexibility index (Phi) is 13.3. The van der Waals surface area contributed by atoms with Gasteiger partial charge < -0.3 is 33.5 Å². The monoisotopic (exact) mass is 622 g/mol. The number of benzene rings is 3. The first-order chi connectivity index (χ1) is 21.3. The van der Waals surface area contributed by atoms with Gasteiger partial charge in [0.2, 0.25) is 0 Å². The molecule has 0 amide bonds. The Hall–Kier alpha value is -3.10. The summed E-state index contributed by atoms with van der Waals surface area (Å²) in [6, 6.07) is 16.5. The number of methoxy groups -OCH3 is 4. The summed E-state index contributed by atoms with van der Waals surface area (Å²) in [7, 11) is 6.55. The van der Waals surface area contributed by atoms with Crippen LogP contribution < -0.4 is 9.47 Å². The highest BCUT2D eigenvalue weighted by Gasteiger charge is 2.30. The lowest BCUT2D eigenvalue weighted by Crippen LogP contribution is -2.23. The Morgan fingerprint density at radius 1 is 0.600 bits per heavy atom. The van der Waals surface area contributed by atoms with E-state index >= 15 is 0 Å². The molecule has 7 nitrogen and oxygen atoms in total. The fraction of sp³-hybridized carbons (Fsp3) is 0.526. The van der Waals surface area contributed by atoms with Gasteiger partial charge in [-0.25, -0.2) is 0 Å². The van der Waals surface area contributed by atoms with E-state index in [1.54, 1.807) is 28.4 Å². The maximum Gasteiger partial charge on any atom is 0.130 e. The van der Waals surface area contributed by atoms with Crippen LogP contribution in [-0.4, -0.2) is 46.8 Å². The fourth-order valence-electron chi connectivity index (χ4n) is 5.73. The van der Waals surface area contributed by atoms with Crippen LogP contribution >= 0.6 is 0 Å². The highest BCUT2D eigenvalue weighted by atomic mass is 16.5. The van der Waals surface area contributed by atoms with Gasteiger partial charge in [0, 0.05) is 50.7 Å². The normalized spacial score (nSPS) is 12.8. The van der Waals surface area contributed by atoms with Gasteiger partial charge in [0.25, 0.3) is 0 Å². The lowest BCUT2D eigenvalue weighted by Gasteiger charge is -2.36. The molecule has 1 atom stereocenters. The molecule has 0 spiro atoms. The quantitative estimate of drug-likeness (QED) is 0.160. The zero-order valence-electron chi connectivity index (χ0n) is 29.0. The number of rotatable bonds is 16. The van der Waals surface area contributed by atoms with E-state index in [2.05, 4.69) is 77.9 Å². The molecule has 0 aliphatic heterocycles. The Bertz CT molecular complexity index is 1300. The first-order valence-electron chi connectivity index (χ1n) is 15.6. The molecule has 0 heterocycles. The van der Waals surface area contributed by atoms with Crippen molar-refractivity contribution in [3.8, 4) is 28.4 Å². The molecule has 3 aromatic rings. The molecule has 1 unspecified atom stereocenters. The number of hydrogen-bond donors (Lipinski definition) is 1. The number of phenols is 1. The van der Waals surface area contributed by atoms with E-state index < -0.39 is 0 Å². The van der Waals surface area contributed by atoms with Gasteiger partial charge >= 0.3 is 0 Å². The minimum atomic E-state index is 0.166. The van der Waals surface area contributed by atoms with Crippen LogP contribution in [0, 0.1) is 10.8 Å². The Balaban J connectivity index is 1.80. The number of phenolic OH excluding ortho intramolecular Hbond substituents is 1. The molecule has 248 valence electrons. The van der Waals surface area contributed by atoms with Crippen LogP contribution in [0.15, 0.2) is 48.5 Å². The van der Waals surface area contributed by atoms with Crippen LogP contribution in [0.5, 0.6) is 17.2 Å². The van der Waals surface area contributed by atoms with Crippen LogP contribution in [0.1, 0.15) is 81.7 Å². The van der Waals surface area contributed by atoms with Gasteiger partial charge in [-0.3, -0.25) is 0 Å². The van der Waals surface area contributed by atoms with E-state index in [9.17, 15) is 5.11 Å². The summed E-state index contributed by atoms with van der Waals surface area (Å²) in [6.45, 7) is 15.9. The third kappa shape index (κ3) is 10.5. The Morgan fingerprint density at radius 2 is 1.02 bits per heavy atom. The van der Waals surface area contributed by atoms with Gasteiger partial charge in [0.15, 0.2) is 0 Å². The zero-order valence-corrected chi connectivity index (χ0v) is 29.0. The smallest absolute Gasteiger partial charge is 0.130 e. The summed E-state index contributed by atoms with van der Waals surface area (Å²) in [6.07, 6.45) is 1.12. The molecule has 3 rings (SSSR count). The third-order valence-corrected chi connectivity index (χ3v) is 7.79. The molecular weight excluding hydrogens is 568 g/mol. The average Bonchev–Trinajstić information content (AvgIpc) is 2.97. The second kappa shape index (κ2) is 16.5.